The number of furan rings is 1. The van der Waals surface area contributed by atoms with Crippen molar-refractivity contribution in [3.63, 3.8) is 0 Å². The van der Waals surface area contributed by atoms with Crippen molar-refractivity contribution in [2.45, 2.75) is 20.8 Å². The van der Waals surface area contributed by atoms with Crippen LogP contribution in [-0.2, 0) is 20.1 Å². The Morgan fingerprint density at radius 3 is 2.19 bits per heavy atom. The topological polar surface area (TPSA) is 38.9 Å². The van der Waals surface area contributed by atoms with Crippen LogP contribution in [0.25, 0.3) is 66.0 Å². The van der Waals surface area contributed by atoms with Crippen molar-refractivity contribution in [2.24, 2.45) is 0 Å². The minimum Gasteiger partial charge on any atom is -0.500 e. The van der Waals surface area contributed by atoms with Crippen molar-refractivity contribution in [3.8, 4) is 22.5 Å². The van der Waals surface area contributed by atoms with E-state index in [1.165, 1.54) is 32.7 Å². The quantitative estimate of drug-likeness (QED) is 0.131. The van der Waals surface area contributed by atoms with Crippen LogP contribution in [-0.4, -0.2) is 9.97 Å². The minimum absolute atomic E-state index is 0. The van der Waals surface area contributed by atoms with Gasteiger partial charge in [0, 0.05) is 43.3 Å². The van der Waals surface area contributed by atoms with Gasteiger partial charge in [-0.25, -0.2) is 0 Å². The Kier molecular flexibility index (Phi) is 7.90. The standard InChI is InChI=1S/C28H20NO.C11H8N.Ir/c1-16-8-12-22(24-14-17(2)18(3)15-29-24)27-25(16)23-13-11-20-10-9-19-6-4-5-7-21(19)26(20)28(23)30-27;1-2-6-10(7-3-1)11-8-4-5-9-12-11;/h4-11,13-15H,1-3H3;1-6,8-9H;/q2*-1;. The van der Waals surface area contributed by atoms with Crippen molar-refractivity contribution in [3.05, 3.63) is 144 Å². The maximum absolute atomic E-state index is 6.64. The fourth-order valence-electron chi connectivity index (χ4n) is 5.55. The van der Waals surface area contributed by atoms with Crippen LogP contribution >= 0.6 is 0 Å². The Hall–Kier alpha value is -4.63. The molecule has 0 aliphatic rings. The summed E-state index contributed by atoms with van der Waals surface area (Å²) >= 11 is 0. The third-order valence-electron chi connectivity index (χ3n) is 7.90. The van der Waals surface area contributed by atoms with Gasteiger partial charge in [0.2, 0.25) is 0 Å². The van der Waals surface area contributed by atoms with Crippen molar-refractivity contribution in [2.75, 3.05) is 0 Å². The average molecular weight is 733 g/mol. The number of aryl methyl sites for hydroxylation is 3. The number of pyridine rings is 2. The fourth-order valence-corrected chi connectivity index (χ4v) is 5.55. The normalized spacial score (nSPS) is 11.0. The van der Waals surface area contributed by atoms with E-state index in [2.05, 4.69) is 104 Å². The van der Waals surface area contributed by atoms with E-state index in [0.717, 1.165) is 50.0 Å². The summed E-state index contributed by atoms with van der Waals surface area (Å²) in [6.45, 7) is 6.32. The summed E-state index contributed by atoms with van der Waals surface area (Å²) in [5.41, 5.74) is 9.19. The van der Waals surface area contributed by atoms with Gasteiger partial charge in [-0.1, -0.05) is 90.2 Å². The van der Waals surface area contributed by atoms with Crippen molar-refractivity contribution in [1.29, 1.82) is 0 Å². The van der Waals surface area contributed by atoms with Crippen LogP contribution in [0.3, 0.4) is 0 Å². The average Bonchev–Trinajstić information content (AvgIpc) is 3.44. The summed E-state index contributed by atoms with van der Waals surface area (Å²) < 4.78 is 6.64. The van der Waals surface area contributed by atoms with Gasteiger partial charge in [0.25, 0.3) is 0 Å². The smallest absolute Gasteiger partial charge is 0.129 e. The third-order valence-corrected chi connectivity index (χ3v) is 7.90. The largest absolute Gasteiger partial charge is 0.500 e. The van der Waals surface area contributed by atoms with E-state index in [1.54, 1.807) is 6.20 Å². The van der Waals surface area contributed by atoms with Gasteiger partial charge in [0.1, 0.15) is 5.58 Å². The zero-order valence-electron chi connectivity index (χ0n) is 24.1. The van der Waals surface area contributed by atoms with Gasteiger partial charge in [-0.3, -0.25) is 0 Å². The van der Waals surface area contributed by atoms with E-state index in [-0.39, 0.29) is 20.1 Å². The molecule has 1 radical (unpaired) electrons. The summed E-state index contributed by atoms with van der Waals surface area (Å²) in [5, 5.41) is 7.08. The molecule has 0 amide bonds. The molecule has 211 valence electrons. The minimum atomic E-state index is 0. The summed E-state index contributed by atoms with van der Waals surface area (Å²) in [5.74, 6) is 0. The molecule has 5 aromatic carbocycles. The number of aromatic nitrogens is 2. The first-order chi connectivity index (χ1) is 20.6. The number of rotatable bonds is 2. The molecule has 43 heavy (non-hydrogen) atoms. The first kappa shape index (κ1) is 28.5. The second-order valence-electron chi connectivity index (χ2n) is 10.6. The molecule has 0 saturated heterocycles. The molecule has 0 fully saturated rings. The summed E-state index contributed by atoms with van der Waals surface area (Å²) in [6.07, 6.45) is 3.71. The van der Waals surface area contributed by atoms with E-state index >= 15 is 0 Å². The summed E-state index contributed by atoms with van der Waals surface area (Å²) in [7, 11) is 0. The molecule has 3 heterocycles. The van der Waals surface area contributed by atoms with Crippen molar-refractivity contribution in [1.82, 2.24) is 9.97 Å². The molecule has 0 aliphatic carbocycles. The molecule has 0 bridgehead atoms. The number of hydrogen-bond donors (Lipinski definition) is 0. The molecule has 3 aromatic heterocycles. The van der Waals surface area contributed by atoms with Gasteiger partial charge >= 0.3 is 0 Å². The molecule has 4 heteroatoms. The Morgan fingerprint density at radius 2 is 1.40 bits per heavy atom. The predicted octanol–water partition coefficient (Wildman–Crippen LogP) is 10.2. The molecule has 8 aromatic rings. The zero-order valence-corrected chi connectivity index (χ0v) is 26.5. The van der Waals surface area contributed by atoms with E-state index in [1.807, 2.05) is 48.7 Å². The van der Waals surface area contributed by atoms with E-state index in [4.69, 9.17) is 4.42 Å². The van der Waals surface area contributed by atoms with E-state index in [9.17, 15) is 0 Å². The number of nitrogens with zero attached hydrogens (tertiary/aromatic N) is 2. The Labute approximate surface area is 264 Å². The molecular weight excluding hydrogens is 705 g/mol. The van der Waals surface area contributed by atoms with Gasteiger partial charge in [-0.05, 0) is 53.0 Å². The third kappa shape index (κ3) is 5.25. The molecule has 0 spiro atoms. The molecule has 3 nitrogen and oxygen atoms in total. The van der Waals surface area contributed by atoms with Crippen LogP contribution in [0.2, 0.25) is 0 Å². The Bertz CT molecular complexity index is 2180. The van der Waals surface area contributed by atoms with Crippen molar-refractivity contribution < 1.29 is 24.5 Å². The maximum Gasteiger partial charge on any atom is 0.129 e. The summed E-state index contributed by atoms with van der Waals surface area (Å²) in [4.78, 5) is 8.90. The van der Waals surface area contributed by atoms with Crippen LogP contribution in [0.15, 0.2) is 120 Å². The van der Waals surface area contributed by atoms with Gasteiger partial charge in [0.15, 0.2) is 0 Å². The molecule has 0 unspecified atom stereocenters. The SMILES string of the molecule is Cc1cnc(-c2[c-]cc(C)c3c2oc2c3ccc3ccc4ccccc4c32)cc1C.[Ir].[c-]1ccccc1-c1ccccn1. The fraction of sp³-hybridized carbons (Fsp3) is 0.0769. The molecule has 0 saturated carbocycles. The Balaban J connectivity index is 0.000000213. The number of fused-ring (bicyclic) bond motifs is 7. The van der Waals surface area contributed by atoms with E-state index in [0.29, 0.717) is 0 Å². The molecule has 0 atom stereocenters. The van der Waals surface area contributed by atoms with Crippen LogP contribution in [0, 0.1) is 32.9 Å². The van der Waals surface area contributed by atoms with Crippen LogP contribution in [0.5, 0.6) is 0 Å². The van der Waals surface area contributed by atoms with Crippen molar-refractivity contribution >= 4 is 43.5 Å². The molecule has 0 aliphatic heterocycles. The van der Waals surface area contributed by atoms with Gasteiger partial charge < -0.3 is 14.4 Å². The predicted molar refractivity (Wildman–Crippen MR) is 174 cm³/mol. The molecule has 8 rings (SSSR count). The monoisotopic (exact) mass is 733 g/mol. The number of hydrogen-bond acceptors (Lipinski definition) is 3. The molecular formula is C39H28IrN2O-2. The second-order valence-corrected chi connectivity index (χ2v) is 10.6. The number of benzene rings is 5. The first-order valence-corrected chi connectivity index (χ1v) is 14.1. The van der Waals surface area contributed by atoms with Crippen LogP contribution < -0.4 is 0 Å². The van der Waals surface area contributed by atoms with Crippen LogP contribution in [0.4, 0.5) is 0 Å². The molecule has 0 N–H and O–H groups in total. The van der Waals surface area contributed by atoms with Gasteiger partial charge in [0.05, 0.1) is 5.58 Å². The van der Waals surface area contributed by atoms with Gasteiger partial charge in [-0.2, -0.15) is 0 Å². The van der Waals surface area contributed by atoms with Crippen LogP contribution in [0.1, 0.15) is 16.7 Å². The first-order valence-electron chi connectivity index (χ1n) is 14.1. The Morgan fingerprint density at radius 1 is 0.605 bits per heavy atom. The maximum atomic E-state index is 6.64. The van der Waals surface area contributed by atoms with Gasteiger partial charge in [-0.15, -0.1) is 53.6 Å². The second kappa shape index (κ2) is 11.9. The summed E-state index contributed by atoms with van der Waals surface area (Å²) in [6, 6.07) is 41.7. The zero-order chi connectivity index (χ0) is 28.6. The van der Waals surface area contributed by atoms with E-state index < -0.39 is 0 Å².